The molecule has 2 aliphatic heterocycles. The van der Waals surface area contributed by atoms with Crippen LogP contribution in [0.25, 0.3) is 0 Å². The van der Waals surface area contributed by atoms with Crippen molar-refractivity contribution in [2.45, 2.75) is 77.3 Å². The molecule has 0 spiro atoms. The predicted molar refractivity (Wildman–Crippen MR) is 91.7 cm³/mol. The number of hydrogen-bond donors (Lipinski definition) is 1. The molecule has 0 radical (unpaired) electrons. The van der Waals surface area contributed by atoms with E-state index in [2.05, 4.69) is 18.7 Å². The molecule has 0 aliphatic carbocycles. The van der Waals surface area contributed by atoms with Crippen LogP contribution in [0.5, 0.6) is 0 Å². The fourth-order valence-corrected chi connectivity index (χ4v) is 3.95. The predicted octanol–water partition coefficient (Wildman–Crippen LogP) is 2.62. The molecule has 2 fully saturated rings. The van der Waals surface area contributed by atoms with E-state index in [1.54, 1.807) is 0 Å². The number of hydrogen-bond acceptors (Lipinski definition) is 3. The van der Waals surface area contributed by atoms with Crippen molar-refractivity contribution >= 4 is 5.91 Å². The van der Waals surface area contributed by atoms with Gasteiger partial charge in [-0.2, -0.15) is 0 Å². The molecule has 1 amide bonds. The second-order valence-electron chi connectivity index (χ2n) is 7.33. The van der Waals surface area contributed by atoms with Crippen molar-refractivity contribution in [3.8, 4) is 0 Å². The van der Waals surface area contributed by atoms with Crippen LogP contribution >= 0.6 is 0 Å². The van der Waals surface area contributed by atoms with Crippen LogP contribution in [0.3, 0.4) is 0 Å². The number of nitrogens with two attached hydrogens (primary N) is 1. The maximum Gasteiger partial charge on any atom is 0.239 e. The SMILES string of the molecule is CCC[C@H](N)C(=O)N1CCC(CCN2CCCC[C@@H]2C)CC1. The van der Waals surface area contributed by atoms with Crippen LogP contribution in [0.1, 0.15) is 65.2 Å². The summed E-state index contributed by atoms with van der Waals surface area (Å²) in [6.07, 6.45) is 9.54. The van der Waals surface area contributed by atoms with E-state index in [4.69, 9.17) is 5.73 Å². The van der Waals surface area contributed by atoms with Gasteiger partial charge in [-0.1, -0.05) is 19.8 Å². The first-order valence-corrected chi connectivity index (χ1v) is 9.40. The molecule has 2 rings (SSSR count). The second kappa shape index (κ2) is 8.88. The zero-order valence-corrected chi connectivity index (χ0v) is 14.6. The van der Waals surface area contributed by atoms with Crippen LogP contribution in [-0.2, 0) is 4.79 Å². The number of carbonyl (C=O) groups is 1. The standard InChI is InChI=1S/C18H35N3O/c1-3-6-17(19)18(22)21-13-9-16(10-14-21)8-12-20-11-5-4-7-15(20)2/h15-17H,3-14,19H2,1-2H3/t15-,17-/m0/s1. The molecule has 0 aromatic rings. The quantitative estimate of drug-likeness (QED) is 0.820. The fourth-order valence-electron chi connectivity index (χ4n) is 3.95. The van der Waals surface area contributed by atoms with Crippen molar-refractivity contribution in [2.24, 2.45) is 11.7 Å². The molecule has 4 heteroatoms. The van der Waals surface area contributed by atoms with Crippen LogP contribution in [-0.4, -0.2) is 54.0 Å². The topological polar surface area (TPSA) is 49.6 Å². The summed E-state index contributed by atoms with van der Waals surface area (Å²) < 4.78 is 0. The fraction of sp³-hybridized carbons (Fsp3) is 0.944. The Morgan fingerprint density at radius 1 is 1.18 bits per heavy atom. The van der Waals surface area contributed by atoms with Crippen molar-refractivity contribution in [1.82, 2.24) is 9.80 Å². The molecule has 0 bridgehead atoms. The molecular weight excluding hydrogens is 274 g/mol. The van der Waals surface area contributed by atoms with Gasteiger partial charge in [0.2, 0.25) is 5.91 Å². The van der Waals surface area contributed by atoms with Gasteiger partial charge in [-0.25, -0.2) is 0 Å². The Morgan fingerprint density at radius 3 is 2.55 bits per heavy atom. The lowest BCUT2D eigenvalue weighted by molar-refractivity contribution is -0.134. The molecule has 0 aromatic heterocycles. The van der Waals surface area contributed by atoms with E-state index in [0.29, 0.717) is 0 Å². The molecule has 0 aromatic carbocycles. The highest BCUT2D eigenvalue weighted by molar-refractivity contribution is 5.81. The minimum Gasteiger partial charge on any atom is -0.341 e. The summed E-state index contributed by atoms with van der Waals surface area (Å²) in [5.41, 5.74) is 5.97. The average Bonchev–Trinajstić information content (AvgIpc) is 2.54. The summed E-state index contributed by atoms with van der Waals surface area (Å²) in [6.45, 7) is 8.81. The monoisotopic (exact) mass is 309 g/mol. The van der Waals surface area contributed by atoms with Gasteiger partial charge in [0.05, 0.1) is 6.04 Å². The van der Waals surface area contributed by atoms with Gasteiger partial charge >= 0.3 is 0 Å². The minimum atomic E-state index is -0.282. The molecule has 2 heterocycles. The van der Waals surface area contributed by atoms with Crippen molar-refractivity contribution in [3.63, 3.8) is 0 Å². The third kappa shape index (κ3) is 4.95. The highest BCUT2D eigenvalue weighted by Crippen LogP contribution is 2.24. The normalized spacial score (nSPS) is 26.1. The molecule has 0 unspecified atom stereocenters. The molecule has 2 saturated heterocycles. The second-order valence-corrected chi connectivity index (χ2v) is 7.33. The minimum absolute atomic E-state index is 0.171. The lowest BCUT2D eigenvalue weighted by atomic mass is 9.92. The summed E-state index contributed by atoms with van der Waals surface area (Å²) in [5, 5.41) is 0. The first-order chi connectivity index (χ1) is 10.6. The highest BCUT2D eigenvalue weighted by atomic mass is 16.2. The Balaban J connectivity index is 1.67. The van der Waals surface area contributed by atoms with E-state index in [-0.39, 0.29) is 11.9 Å². The zero-order valence-electron chi connectivity index (χ0n) is 14.6. The molecular formula is C18H35N3O. The largest absolute Gasteiger partial charge is 0.341 e. The van der Waals surface area contributed by atoms with Crippen LogP contribution in [0.4, 0.5) is 0 Å². The van der Waals surface area contributed by atoms with E-state index in [1.165, 1.54) is 38.8 Å². The summed E-state index contributed by atoms with van der Waals surface area (Å²) in [5.74, 6) is 0.963. The van der Waals surface area contributed by atoms with E-state index < -0.39 is 0 Å². The van der Waals surface area contributed by atoms with Gasteiger partial charge in [0.1, 0.15) is 0 Å². The molecule has 128 valence electrons. The maximum atomic E-state index is 12.2. The number of rotatable bonds is 6. The van der Waals surface area contributed by atoms with Gasteiger partial charge in [0.25, 0.3) is 0 Å². The van der Waals surface area contributed by atoms with E-state index in [0.717, 1.165) is 50.7 Å². The van der Waals surface area contributed by atoms with E-state index >= 15 is 0 Å². The summed E-state index contributed by atoms with van der Waals surface area (Å²) in [6, 6.07) is 0.484. The summed E-state index contributed by atoms with van der Waals surface area (Å²) >= 11 is 0. The Bertz CT molecular complexity index is 339. The molecule has 4 nitrogen and oxygen atoms in total. The van der Waals surface area contributed by atoms with Gasteiger partial charge in [-0.05, 0) is 64.5 Å². The van der Waals surface area contributed by atoms with Gasteiger partial charge in [0, 0.05) is 19.1 Å². The third-order valence-electron chi connectivity index (χ3n) is 5.61. The number of nitrogens with zero attached hydrogens (tertiary/aromatic N) is 2. The summed E-state index contributed by atoms with van der Waals surface area (Å²) in [7, 11) is 0. The van der Waals surface area contributed by atoms with Crippen molar-refractivity contribution in [2.75, 3.05) is 26.2 Å². The van der Waals surface area contributed by atoms with Crippen LogP contribution < -0.4 is 5.73 Å². The van der Waals surface area contributed by atoms with Gasteiger partial charge < -0.3 is 15.5 Å². The molecule has 22 heavy (non-hydrogen) atoms. The van der Waals surface area contributed by atoms with Gasteiger partial charge in [-0.15, -0.1) is 0 Å². The van der Waals surface area contributed by atoms with E-state index in [1.807, 2.05) is 4.90 Å². The third-order valence-corrected chi connectivity index (χ3v) is 5.61. The number of amides is 1. The Labute approximate surface area is 136 Å². The Kier molecular flexibility index (Phi) is 7.16. The Morgan fingerprint density at radius 2 is 1.91 bits per heavy atom. The highest BCUT2D eigenvalue weighted by Gasteiger charge is 2.26. The molecule has 2 aliphatic rings. The smallest absolute Gasteiger partial charge is 0.239 e. The molecule has 2 N–H and O–H groups in total. The van der Waals surface area contributed by atoms with Crippen LogP contribution in [0.2, 0.25) is 0 Å². The lowest BCUT2D eigenvalue weighted by Gasteiger charge is -2.37. The van der Waals surface area contributed by atoms with Crippen molar-refractivity contribution in [3.05, 3.63) is 0 Å². The van der Waals surface area contributed by atoms with Crippen LogP contribution in [0, 0.1) is 5.92 Å². The molecule has 0 saturated carbocycles. The molecule has 2 atom stereocenters. The van der Waals surface area contributed by atoms with Crippen molar-refractivity contribution < 1.29 is 4.79 Å². The van der Waals surface area contributed by atoms with Crippen molar-refractivity contribution in [1.29, 1.82) is 0 Å². The van der Waals surface area contributed by atoms with Crippen LogP contribution in [0.15, 0.2) is 0 Å². The summed E-state index contributed by atoms with van der Waals surface area (Å²) in [4.78, 5) is 16.9. The lowest BCUT2D eigenvalue weighted by Crippen LogP contribution is -2.47. The van der Waals surface area contributed by atoms with Gasteiger partial charge in [0.15, 0.2) is 0 Å². The number of carbonyl (C=O) groups excluding carboxylic acids is 1. The van der Waals surface area contributed by atoms with E-state index in [9.17, 15) is 4.79 Å². The number of likely N-dealkylation sites (tertiary alicyclic amines) is 2. The zero-order chi connectivity index (χ0) is 15.9. The van der Waals surface area contributed by atoms with Gasteiger partial charge in [-0.3, -0.25) is 4.79 Å². The Hall–Kier alpha value is -0.610. The number of piperidine rings is 2. The first-order valence-electron chi connectivity index (χ1n) is 9.40. The first kappa shape index (κ1) is 17.7. The average molecular weight is 309 g/mol. The maximum absolute atomic E-state index is 12.2.